The van der Waals surface area contributed by atoms with Crippen LogP contribution in [0.3, 0.4) is 0 Å². The Morgan fingerprint density at radius 2 is 0.976 bits per heavy atom. The first kappa shape index (κ1) is 27.5. The van der Waals surface area contributed by atoms with Gasteiger partial charge in [-0.05, 0) is 60.7 Å². The number of fused-ring (bicyclic) bond motifs is 2. The molecule has 3 saturated heterocycles. The van der Waals surface area contributed by atoms with E-state index in [4.69, 9.17) is 28.4 Å². The Kier molecular flexibility index (Phi) is 7.19. The molecule has 0 spiro atoms. The largest absolute Gasteiger partial charge is 0.493 e. The van der Waals surface area contributed by atoms with Crippen LogP contribution in [0.25, 0.3) is 0 Å². The highest BCUT2D eigenvalue weighted by atomic mass is 32.2. The van der Waals surface area contributed by atoms with Gasteiger partial charge in [0.25, 0.3) is 0 Å². The van der Waals surface area contributed by atoms with Crippen LogP contribution in [0.4, 0.5) is 0 Å². The van der Waals surface area contributed by atoms with E-state index in [1.165, 1.54) is 24.5 Å². The fourth-order valence-corrected chi connectivity index (χ4v) is 8.95. The maximum absolute atomic E-state index is 6.26. The Morgan fingerprint density at radius 1 is 0.585 bits per heavy atom. The molecule has 0 unspecified atom stereocenters. The van der Waals surface area contributed by atoms with Crippen LogP contribution in [0.2, 0.25) is 0 Å². The van der Waals surface area contributed by atoms with Crippen LogP contribution < -0.4 is 14.2 Å². The van der Waals surface area contributed by atoms with E-state index in [0.29, 0.717) is 19.8 Å². The summed E-state index contributed by atoms with van der Waals surface area (Å²) in [6.07, 6.45) is 0. The predicted molar refractivity (Wildman–Crippen MR) is 159 cm³/mol. The fourth-order valence-electron chi connectivity index (χ4n) is 5.19. The van der Waals surface area contributed by atoms with Gasteiger partial charge in [-0.15, -0.1) is 0 Å². The Balaban J connectivity index is 1.16. The van der Waals surface area contributed by atoms with Gasteiger partial charge in [0, 0.05) is 16.2 Å². The van der Waals surface area contributed by atoms with Gasteiger partial charge in [0.1, 0.15) is 28.1 Å². The fraction of sp³-hybridized carbons (Fsp3) is 0.455. The van der Waals surface area contributed by atoms with Crippen LogP contribution in [0.5, 0.6) is 17.2 Å². The maximum atomic E-state index is 6.26. The zero-order valence-corrected chi connectivity index (χ0v) is 25.5. The topological polar surface area (TPSA) is 55.4 Å². The quantitative estimate of drug-likeness (QED) is 0.195. The van der Waals surface area contributed by atoms with Crippen molar-refractivity contribution < 1.29 is 28.4 Å². The second-order valence-electron chi connectivity index (χ2n) is 12.9. The molecule has 0 N–H and O–H groups in total. The molecular formula is C33H37O6S2+. The highest BCUT2D eigenvalue weighted by molar-refractivity contribution is 8.04. The molecule has 4 aliphatic rings. The third-order valence-electron chi connectivity index (χ3n) is 8.01. The third kappa shape index (κ3) is 5.69. The van der Waals surface area contributed by atoms with Crippen molar-refractivity contribution in [3.63, 3.8) is 0 Å². The highest BCUT2D eigenvalue weighted by Gasteiger charge is 2.40. The van der Waals surface area contributed by atoms with Crippen molar-refractivity contribution in [1.82, 2.24) is 0 Å². The van der Waals surface area contributed by atoms with Crippen LogP contribution in [-0.2, 0) is 25.1 Å². The predicted octanol–water partition coefficient (Wildman–Crippen LogP) is 6.49. The number of hydrogen-bond acceptors (Lipinski definition) is 7. The summed E-state index contributed by atoms with van der Waals surface area (Å²) in [6.45, 7) is 13.2. The Bertz CT molecular complexity index is 1340. The SMILES string of the molecule is CC1(COc2ccc([S+]3c4ccc(OCC5(C)COC5)cc4Sc4cc(OCC5(C)COC5)ccc43)cc2)COC1. The highest BCUT2D eigenvalue weighted by Crippen LogP contribution is 2.50. The van der Waals surface area contributed by atoms with E-state index >= 15 is 0 Å². The first-order valence-electron chi connectivity index (χ1n) is 14.2. The van der Waals surface area contributed by atoms with Crippen LogP contribution >= 0.6 is 11.8 Å². The first-order valence-corrected chi connectivity index (χ1v) is 16.3. The molecule has 4 heterocycles. The van der Waals surface area contributed by atoms with E-state index in [2.05, 4.69) is 81.4 Å². The van der Waals surface area contributed by atoms with Crippen molar-refractivity contribution in [2.45, 2.75) is 45.2 Å². The Hall–Kier alpha value is -2.36. The van der Waals surface area contributed by atoms with Gasteiger partial charge in [-0.1, -0.05) is 32.5 Å². The molecule has 0 amide bonds. The third-order valence-corrected chi connectivity index (χ3v) is 11.7. The molecule has 0 aromatic heterocycles. The summed E-state index contributed by atoms with van der Waals surface area (Å²) in [6, 6.07) is 21.7. The second kappa shape index (κ2) is 10.7. The van der Waals surface area contributed by atoms with Gasteiger partial charge < -0.3 is 28.4 Å². The minimum absolute atomic E-state index is 0.0984. The van der Waals surface area contributed by atoms with Gasteiger partial charge in [0.05, 0.1) is 69.3 Å². The summed E-state index contributed by atoms with van der Waals surface area (Å²) in [5.41, 5.74) is 0.312. The Labute approximate surface area is 249 Å². The van der Waals surface area contributed by atoms with Crippen molar-refractivity contribution in [2.75, 3.05) is 59.5 Å². The molecule has 4 aliphatic heterocycles. The smallest absolute Gasteiger partial charge is 0.180 e. The molecule has 3 aromatic rings. The summed E-state index contributed by atoms with van der Waals surface area (Å²) < 4.78 is 34.9. The second-order valence-corrected chi connectivity index (χ2v) is 15.9. The number of benzene rings is 3. The van der Waals surface area contributed by atoms with E-state index in [0.717, 1.165) is 56.9 Å². The van der Waals surface area contributed by atoms with Crippen LogP contribution in [0.1, 0.15) is 20.8 Å². The van der Waals surface area contributed by atoms with Gasteiger partial charge in [0.2, 0.25) is 0 Å². The molecule has 0 bridgehead atoms. The standard InChI is InChI=1S/C33H37O6S2/c1-31(14-34-15-31)20-37-23-4-8-26(9-5-23)41-29-10-6-24(38-21-32(2)16-35-17-32)12-27(29)40-28-13-25(7-11-30(28)41)39-22-33(3)18-36-19-33/h4-13H,14-22H2,1-3H3/q+1. The minimum atomic E-state index is -0.265. The van der Waals surface area contributed by atoms with E-state index < -0.39 is 0 Å². The van der Waals surface area contributed by atoms with Gasteiger partial charge in [-0.2, -0.15) is 0 Å². The average molecular weight is 594 g/mol. The van der Waals surface area contributed by atoms with Crippen molar-refractivity contribution >= 4 is 22.7 Å². The van der Waals surface area contributed by atoms with Crippen molar-refractivity contribution in [2.24, 2.45) is 16.2 Å². The molecule has 41 heavy (non-hydrogen) atoms. The summed E-state index contributed by atoms with van der Waals surface area (Å²) >= 11 is 1.80. The van der Waals surface area contributed by atoms with Gasteiger partial charge >= 0.3 is 0 Å². The summed E-state index contributed by atoms with van der Waals surface area (Å²) in [5, 5.41) is 0. The Morgan fingerprint density at radius 3 is 1.37 bits per heavy atom. The zero-order chi connectivity index (χ0) is 28.1. The lowest BCUT2D eigenvalue weighted by Crippen LogP contribution is -2.44. The van der Waals surface area contributed by atoms with Crippen molar-refractivity contribution in [3.05, 3.63) is 60.7 Å². The molecule has 3 fully saturated rings. The number of rotatable bonds is 10. The molecule has 0 aliphatic carbocycles. The normalized spacial score (nSPS) is 21.3. The first-order chi connectivity index (χ1) is 19.8. The molecule has 0 radical (unpaired) electrons. The number of ether oxygens (including phenoxy) is 6. The van der Waals surface area contributed by atoms with E-state index in [9.17, 15) is 0 Å². The molecular weight excluding hydrogens is 556 g/mol. The molecule has 8 heteroatoms. The zero-order valence-electron chi connectivity index (χ0n) is 23.9. The summed E-state index contributed by atoms with van der Waals surface area (Å²) in [4.78, 5) is 6.34. The molecule has 3 aromatic carbocycles. The van der Waals surface area contributed by atoms with E-state index in [1.54, 1.807) is 11.8 Å². The van der Waals surface area contributed by atoms with Crippen LogP contribution in [0.15, 0.2) is 85.1 Å². The van der Waals surface area contributed by atoms with Gasteiger partial charge in [-0.3, -0.25) is 0 Å². The van der Waals surface area contributed by atoms with Crippen molar-refractivity contribution in [3.8, 4) is 17.2 Å². The van der Waals surface area contributed by atoms with Crippen LogP contribution in [0, 0.1) is 16.2 Å². The molecule has 0 saturated carbocycles. The lowest BCUT2D eigenvalue weighted by atomic mass is 9.90. The molecule has 6 nitrogen and oxygen atoms in total. The number of hydrogen-bond donors (Lipinski definition) is 0. The van der Waals surface area contributed by atoms with E-state index in [-0.39, 0.29) is 27.1 Å². The van der Waals surface area contributed by atoms with E-state index in [1.807, 2.05) is 0 Å². The lowest BCUT2D eigenvalue weighted by Gasteiger charge is -2.37. The lowest BCUT2D eigenvalue weighted by molar-refractivity contribution is -0.120. The monoisotopic (exact) mass is 593 g/mol. The molecule has 0 atom stereocenters. The average Bonchev–Trinajstić information content (AvgIpc) is 2.93. The summed E-state index contributed by atoms with van der Waals surface area (Å²) in [7, 11) is -0.265. The van der Waals surface area contributed by atoms with Crippen LogP contribution in [-0.4, -0.2) is 59.5 Å². The van der Waals surface area contributed by atoms with Gasteiger partial charge in [-0.25, -0.2) is 0 Å². The maximum Gasteiger partial charge on any atom is 0.180 e. The molecule has 7 rings (SSSR count). The van der Waals surface area contributed by atoms with Gasteiger partial charge in [0.15, 0.2) is 14.7 Å². The van der Waals surface area contributed by atoms with Crippen molar-refractivity contribution in [1.29, 1.82) is 0 Å². The summed E-state index contributed by atoms with van der Waals surface area (Å²) in [5.74, 6) is 2.70. The minimum Gasteiger partial charge on any atom is -0.493 e. The molecule has 216 valence electrons.